The maximum atomic E-state index is 12.4. The van der Waals surface area contributed by atoms with E-state index >= 15 is 0 Å². The highest BCUT2D eigenvalue weighted by Crippen LogP contribution is 2.46. The maximum Gasteiger partial charge on any atom is 0.212 e. The molecule has 0 aliphatic heterocycles. The number of benzene rings is 2. The van der Waals surface area contributed by atoms with Crippen LogP contribution in [0.25, 0.3) is 0 Å². The Hall–Kier alpha value is -1.85. The first-order valence-electron chi connectivity index (χ1n) is 8.23. The van der Waals surface area contributed by atoms with Crippen LogP contribution in [0.1, 0.15) is 30.4 Å². The van der Waals surface area contributed by atoms with Gasteiger partial charge in [-0.3, -0.25) is 0 Å². The maximum absolute atomic E-state index is 12.4. The minimum atomic E-state index is -3.29. The van der Waals surface area contributed by atoms with E-state index in [1.165, 1.54) is 5.56 Å². The zero-order valence-corrected chi connectivity index (χ0v) is 14.7. The Morgan fingerprint density at radius 3 is 2.29 bits per heavy atom. The molecule has 2 aromatic rings. The Balaban J connectivity index is 1.59. The summed E-state index contributed by atoms with van der Waals surface area (Å²) in [7, 11) is -1.67. The van der Waals surface area contributed by atoms with Gasteiger partial charge in [-0.1, -0.05) is 42.5 Å². The molecule has 0 bridgehead atoms. The molecule has 0 radical (unpaired) electrons. The first kappa shape index (κ1) is 17.0. The molecule has 0 atom stereocenters. The minimum Gasteiger partial charge on any atom is -0.497 e. The van der Waals surface area contributed by atoms with Gasteiger partial charge in [0.05, 0.1) is 18.4 Å². The summed E-state index contributed by atoms with van der Waals surface area (Å²) >= 11 is 0. The van der Waals surface area contributed by atoms with Crippen molar-refractivity contribution in [2.24, 2.45) is 0 Å². The lowest BCUT2D eigenvalue weighted by molar-refractivity contribution is 0.414. The quantitative estimate of drug-likeness (QED) is 0.799. The highest BCUT2D eigenvalue weighted by atomic mass is 32.2. The molecule has 0 spiro atoms. The molecule has 1 aliphatic rings. The van der Waals surface area contributed by atoms with Gasteiger partial charge in [-0.2, -0.15) is 0 Å². The third-order valence-corrected chi connectivity index (χ3v) is 5.99. The van der Waals surface area contributed by atoms with Crippen molar-refractivity contribution in [2.75, 3.05) is 12.9 Å². The second kappa shape index (κ2) is 6.95. The molecular formula is C19H23NO3S. The van der Waals surface area contributed by atoms with E-state index in [1.807, 2.05) is 54.6 Å². The van der Waals surface area contributed by atoms with Gasteiger partial charge in [0.15, 0.2) is 0 Å². The van der Waals surface area contributed by atoms with E-state index in [1.54, 1.807) is 7.11 Å². The molecule has 0 unspecified atom stereocenters. The molecule has 1 fully saturated rings. The zero-order chi connectivity index (χ0) is 17.0. The monoisotopic (exact) mass is 345 g/mol. The number of hydrogen-bond donors (Lipinski definition) is 1. The highest BCUT2D eigenvalue weighted by Gasteiger charge is 2.47. The number of sulfonamides is 1. The summed E-state index contributed by atoms with van der Waals surface area (Å²) in [6.45, 7) is 0. The van der Waals surface area contributed by atoms with Gasteiger partial charge in [-0.25, -0.2) is 13.1 Å². The third kappa shape index (κ3) is 4.16. The Labute approximate surface area is 143 Å². The molecule has 3 rings (SSSR count). The first-order valence-corrected chi connectivity index (χ1v) is 9.88. The second-order valence-corrected chi connectivity index (χ2v) is 8.16. The number of aryl methyl sites for hydroxylation is 1. The van der Waals surface area contributed by atoms with Gasteiger partial charge in [-0.15, -0.1) is 0 Å². The predicted molar refractivity (Wildman–Crippen MR) is 95.6 cm³/mol. The summed E-state index contributed by atoms with van der Waals surface area (Å²) in [4.78, 5) is 0. The lowest BCUT2D eigenvalue weighted by atomic mass is 10.1. The average Bonchev–Trinajstić information content (AvgIpc) is 3.35. The number of hydrogen-bond acceptors (Lipinski definition) is 3. The van der Waals surface area contributed by atoms with Crippen LogP contribution < -0.4 is 9.46 Å². The van der Waals surface area contributed by atoms with Crippen LogP contribution >= 0.6 is 0 Å². The van der Waals surface area contributed by atoms with Gasteiger partial charge in [0.25, 0.3) is 0 Å². The smallest absolute Gasteiger partial charge is 0.212 e. The summed E-state index contributed by atoms with van der Waals surface area (Å²) < 4.78 is 32.9. The summed E-state index contributed by atoms with van der Waals surface area (Å²) in [5, 5.41) is 0. The van der Waals surface area contributed by atoms with Gasteiger partial charge < -0.3 is 4.74 Å². The first-order chi connectivity index (χ1) is 11.5. The van der Waals surface area contributed by atoms with Crippen LogP contribution in [0.3, 0.4) is 0 Å². The predicted octanol–water partition coefficient (Wildman–Crippen LogP) is 3.24. The highest BCUT2D eigenvalue weighted by molar-refractivity contribution is 7.89. The van der Waals surface area contributed by atoms with Gasteiger partial charge in [0.1, 0.15) is 5.75 Å². The van der Waals surface area contributed by atoms with Crippen molar-refractivity contribution >= 4 is 10.0 Å². The fraction of sp³-hybridized carbons (Fsp3) is 0.368. The van der Waals surface area contributed by atoms with Gasteiger partial charge in [-0.05, 0) is 48.9 Å². The van der Waals surface area contributed by atoms with E-state index in [2.05, 4.69) is 4.72 Å². The van der Waals surface area contributed by atoms with Crippen LogP contribution in [0.15, 0.2) is 54.6 Å². The van der Waals surface area contributed by atoms with E-state index in [0.717, 1.165) is 30.6 Å². The van der Waals surface area contributed by atoms with E-state index < -0.39 is 15.6 Å². The van der Waals surface area contributed by atoms with Crippen molar-refractivity contribution in [3.8, 4) is 5.75 Å². The molecule has 1 N–H and O–H groups in total. The molecule has 2 aromatic carbocycles. The third-order valence-electron chi connectivity index (χ3n) is 4.46. The molecule has 0 heterocycles. The number of ether oxygens (including phenoxy) is 1. The van der Waals surface area contributed by atoms with Gasteiger partial charge in [0, 0.05) is 0 Å². The van der Waals surface area contributed by atoms with Crippen LogP contribution in [-0.2, 0) is 22.0 Å². The Morgan fingerprint density at radius 1 is 1.04 bits per heavy atom. The number of methoxy groups -OCH3 is 1. The van der Waals surface area contributed by atoms with Crippen molar-refractivity contribution in [3.05, 3.63) is 65.7 Å². The van der Waals surface area contributed by atoms with E-state index in [9.17, 15) is 8.42 Å². The largest absolute Gasteiger partial charge is 0.497 e. The molecule has 24 heavy (non-hydrogen) atoms. The SMILES string of the molecule is COc1ccc(C2(NS(=O)(=O)CCCc3ccccc3)CC2)cc1. The molecular weight excluding hydrogens is 322 g/mol. The topological polar surface area (TPSA) is 55.4 Å². The van der Waals surface area contributed by atoms with Crippen molar-refractivity contribution < 1.29 is 13.2 Å². The molecule has 1 saturated carbocycles. The van der Waals surface area contributed by atoms with Gasteiger partial charge in [0.2, 0.25) is 10.0 Å². The number of rotatable bonds is 8. The van der Waals surface area contributed by atoms with E-state index in [-0.39, 0.29) is 5.75 Å². The summed E-state index contributed by atoms with van der Waals surface area (Å²) in [6, 6.07) is 17.6. The summed E-state index contributed by atoms with van der Waals surface area (Å²) in [6.07, 6.45) is 3.09. The standard InChI is InChI=1S/C19H23NO3S/c1-23-18-11-9-17(10-12-18)19(13-14-19)20-24(21,22)15-5-8-16-6-3-2-4-7-16/h2-4,6-7,9-12,20H,5,8,13-15H2,1H3. The fourth-order valence-corrected chi connectivity index (χ4v) is 4.49. The van der Waals surface area contributed by atoms with Crippen molar-refractivity contribution in [1.29, 1.82) is 0 Å². The lowest BCUT2D eigenvalue weighted by Crippen LogP contribution is -2.36. The molecule has 1 aliphatic carbocycles. The van der Waals surface area contributed by atoms with Crippen LogP contribution in [0.5, 0.6) is 5.75 Å². The molecule has 4 nitrogen and oxygen atoms in total. The summed E-state index contributed by atoms with van der Waals surface area (Å²) in [5.74, 6) is 0.931. The average molecular weight is 345 g/mol. The Bertz CT molecular complexity index is 766. The van der Waals surface area contributed by atoms with Crippen molar-refractivity contribution in [2.45, 2.75) is 31.2 Å². The zero-order valence-electron chi connectivity index (χ0n) is 13.9. The minimum absolute atomic E-state index is 0.153. The Morgan fingerprint density at radius 2 is 1.71 bits per heavy atom. The van der Waals surface area contributed by atoms with Crippen LogP contribution in [0.4, 0.5) is 0 Å². The Kier molecular flexibility index (Phi) is 4.92. The molecule has 0 saturated heterocycles. The summed E-state index contributed by atoms with van der Waals surface area (Å²) in [5.41, 5.74) is 1.76. The normalized spacial score (nSPS) is 15.9. The molecule has 128 valence electrons. The second-order valence-electron chi connectivity index (χ2n) is 6.32. The van der Waals surface area contributed by atoms with Crippen molar-refractivity contribution in [1.82, 2.24) is 4.72 Å². The van der Waals surface area contributed by atoms with E-state index in [0.29, 0.717) is 6.42 Å². The van der Waals surface area contributed by atoms with Gasteiger partial charge >= 0.3 is 0 Å². The molecule has 5 heteroatoms. The molecule has 0 amide bonds. The van der Waals surface area contributed by atoms with Crippen LogP contribution in [0.2, 0.25) is 0 Å². The van der Waals surface area contributed by atoms with Crippen LogP contribution in [-0.4, -0.2) is 21.3 Å². The fourth-order valence-electron chi connectivity index (χ4n) is 2.94. The van der Waals surface area contributed by atoms with E-state index in [4.69, 9.17) is 4.74 Å². The molecule has 0 aromatic heterocycles. The van der Waals surface area contributed by atoms with Crippen molar-refractivity contribution in [3.63, 3.8) is 0 Å². The lowest BCUT2D eigenvalue weighted by Gasteiger charge is -2.18. The number of nitrogens with one attached hydrogen (secondary N) is 1. The van der Waals surface area contributed by atoms with Crippen LogP contribution in [0, 0.1) is 0 Å².